The second-order valence-corrected chi connectivity index (χ2v) is 5.14. The van der Waals surface area contributed by atoms with Gasteiger partial charge >= 0.3 is 0 Å². The number of fused-ring (bicyclic) bond motifs is 1. The Morgan fingerprint density at radius 1 is 1.45 bits per heavy atom. The maximum Gasteiger partial charge on any atom is 0.220 e. The molecule has 2 aromatic rings. The standard InChI is InChI=1S/C14H18N4O2/c1-20-11-6-5-10(11)8-14(19)15-9-13-17-16-12-4-2-3-7-18(12)13/h2-4,7,10-11H,5-6,8-9H2,1H3,(H,15,19). The summed E-state index contributed by atoms with van der Waals surface area (Å²) in [5, 5.41) is 11.0. The van der Waals surface area contributed by atoms with Gasteiger partial charge in [0.15, 0.2) is 11.5 Å². The zero-order valence-electron chi connectivity index (χ0n) is 11.5. The molecule has 2 unspecified atom stereocenters. The summed E-state index contributed by atoms with van der Waals surface area (Å²) in [6, 6.07) is 5.71. The van der Waals surface area contributed by atoms with Crippen molar-refractivity contribution in [2.24, 2.45) is 5.92 Å². The van der Waals surface area contributed by atoms with Crippen LogP contribution in [0.5, 0.6) is 0 Å². The van der Waals surface area contributed by atoms with Crippen LogP contribution in [0, 0.1) is 5.92 Å². The van der Waals surface area contributed by atoms with Crippen molar-refractivity contribution in [1.82, 2.24) is 19.9 Å². The SMILES string of the molecule is COC1CCC1CC(=O)NCc1nnc2ccccn12. The van der Waals surface area contributed by atoms with E-state index in [9.17, 15) is 4.79 Å². The van der Waals surface area contributed by atoms with Crippen LogP contribution in [-0.2, 0) is 16.1 Å². The van der Waals surface area contributed by atoms with Crippen molar-refractivity contribution in [3.8, 4) is 0 Å². The van der Waals surface area contributed by atoms with Gasteiger partial charge < -0.3 is 10.1 Å². The lowest BCUT2D eigenvalue weighted by Crippen LogP contribution is -2.37. The minimum Gasteiger partial charge on any atom is -0.381 e. The third kappa shape index (κ3) is 2.51. The zero-order chi connectivity index (χ0) is 13.9. The number of aromatic nitrogens is 3. The molecule has 6 heteroatoms. The topological polar surface area (TPSA) is 68.5 Å². The van der Waals surface area contributed by atoms with Crippen molar-refractivity contribution in [1.29, 1.82) is 0 Å². The van der Waals surface area contributed by atoms with Crippen molar-refractivity contribution in [2.45, 2.75) is 31.9 Å². The van der Waals surface area contributed by atoms with Gasteiger partial charge in [-0.3, -0.25) is 9.20 Å². The molecule has 1 fully saturated rings. The van der Waals surface area contributed by atoms with E-state index >= 15 is 0 Å². The largest absolute Gasteiger partial charge is 0.381 e. The molecule has 1 aliphatic carbocycles. The Morgan fingerprint density at radius 2 is 2.35 bits per heavy atom. The fourth-order valence-electron chi connectivity index (χ4n) is 2.58. The molecule has 1 N–H and O–H groups in total. The van der Waals surface area contributed by atoms with E-state index in [0.29, 0.717) is 18.9 Å². The van der Waals surface area contributed by atoms with Crippen LogP contribution in [0.2, 0.25) is 0 Å². The van der Waals surface area contributed by atoms with Crippen LogP contribution in [0.3, 0.4) is 0 Å². The van der Waals surface area contributed by atoms with Crippen LogP contribution in [0.25, 0.3) is 5.65 Å². The Hall–Kier alpha value is -1.95. The number of methoxy groups -OCH3 is 1. The molecule has 0 bridgehead atoms. The van der Waals surface area contributed by atoms with Crippen molar-refractivity contribution >= 4 is 11.6 Å². The van der Waals surface area contributed by atoms with E-state index in [0.717, 1.165) is 24.3 Å². The molecular formula is C14H18N4O2. The highest BCUT2D eigenvalue weighted by atomic mass is 16.5. The van der Waals surface area contributed by atoms with Gasteiger partial charge in [-0.05, 0) is 30.9 Å². The summed E-state index contributed by atoms with van der Waals surface area (Å²) in [6.45, 7) is 0.397. The van der Waals surface area contributed by atoms with Gasteiger partial charge in [-0.1, -0.05) is 6.07 Å². The lowest BCUT2D eigenvalue weighted by atomic mass is 9.79. The average molecular weight is 274 g/mol. The molecule has 2 heterocycles. The van der Waals surface area contributed by atoms with Gasteiger partial charge in [-0.2, -0.15) is 0 Å². The highest BCUT2D eigenvalue weighted by Crippen LogP contribution is 2.32. The number of hydrogen-bond acceptors (Lipinski definition) is 4. The molecule has 0 radical (unpaired) electrons. The maximum absolute atomic E-state index is 11.9. The molecule has 0 aliphatic heterocycles. The Balaban J connectivity index is 1.55. The lowest BCUT2D eigenvalue weighted by molar-refractivity contribution is -0.125. The molecule has 6 nitrogen and oxygen atoms in total. The van der Waals surface area contributed by atoms with E-state index in [4.69, 9.17) is 4.74 Å². The highest BCUT2D eigenvalue weighted by molar-refractivity contribution is 5.76. The summed E-state index contributed by atoms with van der Waals surface area (Å²) in [6.07, 6.45) is 4.79. The number of rotatable bonds is 5. The second-order valence-electron chi connectivity index (χ2n) is 5.14. The van der Waals surface area contributed by atoms with E-state index in [1.165, 1.54) is 0 Å². The zero-order valence-corrected chi connectivity index (χ0v) is 11.5. The molecule has 0 aromatic carbocycles. The number of nitrogens with zero attached hydrogens (tertiary/aromatic N) is 3. The molecule has 1 aliphatic rings. The predicted molar refractivity (Wildman–Crippen MR) is 73.0 cm³/mol. The van der Waals surface area contributed by atoms with Gasteiger partial charge in [0.1, 0.15) is 0 Å². The van der Waals surface area contributed by atoms with Gasteiger partial charge in [0.25, 0.3) is 0 Å². The molecule has 0 saturated heterocycles. The molecule has 106 valence electrons. The number of nitrogens with one attached hydrogen (secondary N) is 1. The monoisotopic (exact) mass is 274 g/mol. The molecule has 1 amide bonds. The van der Waals surface area contributed by atoms with E-state index in [1.807, 2.05) is 28.8 Å². The Labute approximate surface area is 117 Å². The van der Waals surface area contributed by atoms with Crippen LogP contribution < -0.4 is 5.32 Å². The van der Waals surface area contributed by atoms with Crippen LogP contribution >= 0.6 is 0 Å². The van der Waals surface area contributed by atoms with Gasteiger partial charge in [-0.15, -0.1) is 10.2 Å². The first kappa shape index (κ1) is 13.1. The Morgan fingerprint density at radius 3 is 3.10 bits per heavy atom. The molecule has 0 spiro atoms. The second kappa shape index (κ2) is 5.58. The third-order valence-corrected chi connectivity index (χ3v) is 3.93. The molecule has 1 saturated carbocycles. The van der Waals surface area contributed by atoms with Crippen LogP contribution in [0.1, 0.15) is 25.1 Å². The lowest BCUT2D eigenvalue weighted by Gasteiger charge is -2.34. The van der Waals surface area contributed by atoms with Crippen LogP contribution in [0.4, 0.5) is 0 Å². The minimum atomic E-state index is 0.0458. The van der Waals surface area contributed by atoms with Gasteiger partial charge in [0.05, 0.1) is 12.6 Å². The molecule has 20 heavy (non-hydrogen) atoms. The number of carbonyl (C=O) groups excluding carboxylic acids is 1. The van der Waals surface area contributed by atoms with Crippen LogP contribution in [-0.4, -0.2) is 33.7 Å². The fraction of sp³-hybridized carbons (Fsp3) is 0.500. The molecule has 2 atom stereocenters. The normalized spacial score (nSPS) is 21.6. The Bertz CT molecular complexity index is 608. The predicted octanol–water partition coefficient (Wildman–Crippen LogP) is 1.16. The smallest absolute Gasteiger partial charge is 0.220 e. The summed E-state index contributed by atoms with van der Waals surface area (Å²) in [5.74, 6) is 1.14. The first-order chi connectivity index (χ1) is 9.78. The van der Waals surface area contributed by atoms with Gasteiger partial charge in [-0.25, -0.2) is 0 Å². The number of ether oxygens (including phenoxy) is 1. The molecule has 2 aromatic heterocycles. The average Bonchev–Trinajstić information content (AvgIpc) is 2.85. The van der Waals surface area contributed by atoms with Gasteiger partial charge in [0.2, 0.25) is 5.91 Å². The number of pyridine rings is 1. The molecule has 3 rings (SSSR count). The highest BCUT2D eigenvalue weighted by Gasteiger charge is 2.32. The van der Waals surface area contributed by atoms with E-state index < -0.39 is 0 Å². The van der Waals surface area contributed by atoms with E-state index in [1.54, 1.807) is 7.11 Å². The van der Waals surface area contributed by atoms with Crippen LogP contribution in [0.15, 0.2) is 24.4 Å². The first-order valence-corrected chi connectivity index (χ1v) is 6.86. The quantitative estimate of drug-likeness (QED) is 0.888. The first-order valence-electron chi connectivity index (χ1n) is 6.86. The van der Waals surface area contributed by atoms with Crippen molar-refractivity contribution in [2.75, 3.05) is 7.11 Å². The third-order valence-electron chi connectivity index (χ3n) is 3.93. The number of hydrogen-bond donors (Lipinski definition) is 1. The summed E-state index contributed by atoms with van der Waals surface area (Å²) in [7, 11) is 1.71. The van der Waals surface area contributed by atoms with Gasteiger partial charge in [0, 0.05) is 19.7 Å². The number of carbonyl (C=O) groups is 1. The summed E-state index contributed by atoms with van der Waals surface area (Å²) in [4.78, 5) is 11.9. The van der Waals surface area contributed by atoms with Crippen molar-refractivity contribution < 1.29 is 9.53 Å². The van der Waals surface area contributed by atoms with E-state index in [2.05, 4.69) is 15.5 Å². The Kier molecular flexibility index (Phi) is 3.64. The van der Waals surface area contributed by atoms with Crippen molar-refractivity contribution in [3.05, 3.63) is 30.2 Å². The summed E-state index contributed by atoms with van der Waals surface area (Å²) < 4.78 is 7.18. The summed E-state index contributed by atoms with van der Waals surface area (Å²) >= 11 is 0. The number of amides is 1. The van der Waals surface area contributed by atoms with Crippen molar-refractivity contribution in [3.63, 3.8) is 0 Å². The maximum atomic E-state index is 11.9. The summed E-state index contributed by atoms with van der Waals surface area (Å²) in [5.41, 5.74) is 0.787. The molecular weight excluding hydrogens is 256 g/mol. The fourth-order valence-corrected chi connectivity index (χ4v) is 2.58. The van der Waals surface area contributed by atoms with E-state index in [-0.39, 0.29) is 12.0 Å². The minimum absolute atomic E-state index is 0.0458.